The van der Waals surface area contributed by atoms with Gasteiger partial charge in [0.15, 0.2) is 0 Å². The van der Waals surface area contributed by atoms with Crippen LogP contribution in [0.1, 0.15) is 40.0 Å². The Balaban J connectivity index is 2.24. The van der Waals surface area contributed by atoms with Crippen molar-refractivity contribution in [3.05, 3.63) is 0 Å². The van der Waals surface area contributed by atoms with E-state index >= 15 is 0 Å². The van der Waals surface area contributed by atoms with E-state index in [2.05, 4.69) is 37.1 Å². The molecule has 2 atom stereocenters. The van der Waals surface area contributed by atoms with Gasteiger partial charge in [0.25, 0.3) is 0 Å². The van der Waals surface area contributed by atoms with Crippen molar-refractivity contribution in [3.63, 3.8) is 0 Å². The second kappa shape index (κ2) is 6.88. The quantitative estimate of drug-likeness (QED) is 0.725. The third-order valence-corrected chi connectivity index (χ3v) is 3.88. The van der Waals surface area contributed by atoms with Gasteiger partial charge in [-0.05, 0) is 25.7 Å². The van der Waals surface area contributed by atoms with E-state index in [1.807, 2.05) is 0 Å². The largest absolute Gasteiger partial charge is 0.311 e. The molecule has 1 heterocycles. The van der Waals surface area contributed by atoms with E-state index in [1.165, 1.54) is 19.3 Å². The fourth-order valence-corrected chi connectivity index (χ4v) is 2.25. The summed E-state index contributed by atoms with van der Waals surface area (Å²) in [7, 11) is 0. The highest BCUT2D eigenvalue weighted by Crippen LogP contribution is 2.13. The number of hydrogen-bond donors (Lipinski definition) is 1. The van der Waals surface area contributed by atoms with Crippen LogP contribution in [0.25, 0.3) is 0 Å². The summed E-state index contributed by atoms with van der Waals surface area (Å²) >= 11 is 0. The minimum Gasteiger partial charge on any atom is -0.311 e. The van der Waals surface area contributed by atoms with Gasteiger partial charge in [-0.2, -0.15) is 5.26 Å². The summed E-state index contributed by atoms with van der Waals surface area (Å²) in [5.41, 5.74) is 0. The molecule has 0 bridgehead atoms. The van der Waals surface area contributed by atoms with E-state index in [9.17, 15) is 0 Å². The molecule has 0 aromatic rings. The first-order valence-corrected chi connectivity index (χ1v) is 6.52. The van der Waals surface area contributed by atoms with E-state index in [1.54, 1.807) is 0 Å². The van der Waals surface area contributed by atoms with Gasteiger partial charge >= 0.3 is 0 Å². The van der Waals surface area contributed by atoms with Gasteiger partial charge in [0.1, 0.15) is 0 Å². The van der Waals surface area contributed by atoms with Gasteiger partial charge in [-0.3, -0.25) is 4.90 Å². The Bertz CT molecular complexity index is 226. The van der Waals surface area contributed by atoms with Crippen molar-refractivity contribution in [2.45, 2.75) is 52.1 Å². The summed E-state index contributed by atoms with van der Waals surface area (Å²) in [6.07, 6.45) is 3.60. The number of nitriles is 1. The SMILES string of the molecule is CCC(C)C(C)NC1CCN(CC#N)CC1. The van der Waals surface area contributed by atoms with E-state index < -0.39 is 0 Å². The average molecular weight is 223 g/mol. The zero-order valence-corrected chi connectivity index (χ0v) is 10.9. The summed E-state index contributed by atoms with van der Waals surface area (Å²) in [4.78, 5) is 2.24. The first-order valence-electron chi connectivity index (χ1n) is 6.52. The van der Waals surface area contributed by atoms with E-state index in [0.717, 1.165) is 19.0 Å². The normalized spacial score (nSPS) is 22.6. The highest BCUT2D eigenvalue weighted by Gasteiger charge is 2.21. The first-order chi connectivity index (χ1) is 7.67. The molecule has 0 saturated carbocycles. The van der Waals surface area contributed by atoms with Crippen LogP contribution in [0.15, 0.2) is 0 Å². The fourth-order valence-electron chi connectivity index (χ4n) is 2.25. The Morgan fingerprint density at radius 3 is 2.50 bits per heavy atom. The molecule has 92 valence electrons. The number of nitrogens with one attached hydrogen (secondary N) is 1. The lowest BCUT2D eigenvalue weighted by molar-refractivity contribution is 0.200. The Labute approximate surface area is 99.8 Å². The predicted molar refractivity (Wildman–Crippen MR) is 67.1 cm³/mol. The Morgan fingerprint density at radius 1 is 1.38 bits per heavy atom. The molecule has 1 rings (SSSR count). The van der Waals surface area contributed by atoms with Crippen LogP contribution >= 0.6 is 0 Å². The van der Waals surface area contributed by atoms with E-state index in [4.69, 9.17) is 5.26 Å². The van der Waals surface area contributed by atoms with Gasteiger partial charge in [0.05, 0.1) is 12.6 Å². The van der Waals surface area contributed by atoms with Crippen molar-refractivity contribution in [2.24, 2.45) is 5.92 Å². The number of rotatable bonds is 5. The Hall–Kier alpha value is -0.590. The molecule has 1 fully saturated rings. The molecule has 1 aliphatic heterocycles. The number of nitrogens with zero attached hydrogens (tertiary/aromatic N) is 2. The Kier molecular flexibility index (Phi) is 5.79. The summed E-state index contributed by atoms with van der Waals surface area (Å²) < 4.78 is 0. The van der Waals surface area contributed by atoms with Crippen molar-refractivity contribution in [2.75, 3.05) is 19.6 Å². The summed E-state index contributed by atoms with van der Waals surface area (Å²) in [6, 6.07) is 3.49. The highest BCUT2D eigenvalue weighted by atomic mass is 15.1. The monoisotopic (exact) mass is 223 g/mol. The molecular weight excluding hydrogens is 198 g/mol. The van der Waals surface area contributed by atoms with Gasteiger partial charge in [-0.1, -0.05) is 20.3 Å². The lowest BCUT2D eigenvalue weighted by Crippen LogP contribution is -2.47. The van der Waals surface area contributed by atoms with Crippen LogP contribution in [0.2, 0.25) is 0 Å². The van der Waals surface area contributed by atoms with Crippen molar-refractivity contribution < 1.29 is 0 Å². The predicted octanol–water partition coefficient (Wildman–Crippen LogP) is 2.00. The minimum absolute atomic E-state index is 0.591. The zero-order chi connectivity index (χ0) is 12.0. The van der Waals surface area contributed by atoms with Crippen molar-refractivity contribution in [1.29, 1.82) is 5.26 Å². The van der Waals surface area contributed by atoms with Crippen LogP contribution in [0.3, 0.4) is 0 Å². The van der Waals surface area contributed by atoms with Gasteiger partial charge in [-0.25, -0.2) is 0 Å². The van der Waals surface area contributed by atoms with Gasteiger partial charge < -0.3 is 5.32 Å². The molecule has 0 amide bonds. The van der Waals surface area contributed by atoms with Crippen molar-refractivity contribution in [1.82, 2.24) is 10.2 Å². The lowest BCUT2D eigenvalue weighted by Gasteiger charge is -2.34. The molecule has 3 heteroatoms. The molecule has 0 aromatic heterocycles. The third kappa shape index (κ3) is 4.11. The fraction of sp³-hybridized carbons (Fsp3) is 0.923. The maximum atomic E-state index is 8.63. The van der Waals surface area contributed by atoms with Crippen LogP contribution < -0.4 is 5.32 Å². The molecule has 0 spiro atoms. The number of hydrogen-bond acceptors (Lipinski definition) is 3. The summed E-state index contributed by atoms with van der Waals surface area (Å²) in [5, 5.41) is 12.3. The van der Waals surface area contributed by atoms with E-state index in [0.29, 0.717) is 18.6 Å². The number of likely N-dealkylation sites (tertiary alicyclic amines) is 1. The molecule has 1 saturated heterocycles. The Morgan fingerprint density at radius 2 is 2.00 bits per heavy atom. The first kappa shape index (κ1) is 13.5. The lowest BCUT2D eigenvalue weighted by atomic mass is 9.97. The minimum atomic E-state index is 0.591. The van der Waals surface area contributed by atoms with E-state index in [-0.39, 0.29) is 0 Å². The molecule has 3 nitrogen and oxygen atoms in total. The molecular formula is C13H25N3. The molecule has 1 N–H and O–H groups in total. The summed E-state index contributed by atoms with van der Waals surface area (Å²) in [5.74, 6) is 0.747. The zero-order valence-electron chi connectivity index (χ0n) is 10.9. The second-order valence-electron chi connectivity index (χ2n) is 5.05. The highest BCUT2D eigenvalue weighted by molar-refractivity contribution is 4.84. The van der Waals surface area contributed by atoms with Gasteiger partial charge in [0, 0.05) is 25.2 Å². The standard InChI is InChI=1S/C13H25N3/c1-4-11(2)12(3)15-13-5-8-16(9-6-13)10-7-14/h11-13,15H,4-6,8-10H2,1-3H3. The smallest absolute Gasteiger partial charge is 0.0866 e. The second-order valence-corrected chi connectivity index (χ2v) is 5.05. The topological polar surface area (TPSA) is 39.1 Å². The molecule has 0 radical (unpaired) electrons. The van der Waals surface area contributed by atoms with Crippen LogP contribution in [-0.2, 0) is 0 Å². The molecule has 2 unspecified atom stereocenters. The molecule has 1 aliphatic rings. The van der Waals surface area contributed by atoms with Crippen molar-refractivity contribution in [3.8, 4) is 6.07 Å². The number of piperidine rings is 1. The van der Waals surface area contributed by atoms with Crippen LogP contribution in [0.4, 0.5) is 0 Å². The maximum Gasteiger partial charge on any atom is 0.0866 e. The van der Waals surface area contributed by atoms with Gasteiger partial charge in [-0.15, -0.1) is 0 Å². The van der Waals surface area contributed by atoms with Crippen LogP contribution in [0, 0.1) is 17.2 Å². The van der Waals surface area contributed by atoms with Crippen LogP contribution in [0.5, 0.6) is 0 Å². The third-order valence-electron chi connectivity index (χ3n) is 3.88. The van der Waals surface area contributed by atoms with Crippen LogP contribution in [-0.4, -0.2) is 36.6 Å². The van der Waals surface area contributed by atoms with Crippen molar-refractivity contribution >= 4 is 0 Å². The molecule has 16 heavy (non-hydrogen) atoms. The summed E-state index contributed by atoms with van der Waals surface area (Å²) in [6.45, 7) is 9.57. The molecule has 0 aromatic carbocycles. The molecule has 0 aliphatic carbocycles. The maximum absolute atomic E-state index is 8.63. The average Bonchev–Trinajstić information content (AvgIpc) is 2.31. The van der Waals surface area contributed by atoms with Gasteiger partial charge in [0.2, 0.25) is 0 Å².